The van der Waals surface area contributed by atoms with Gasteiger partial charge in [-0.2, -0.15) is 0 Å². The summed E-state index contributed by atoms with van der Waals surface area (Å²) >= 11 is 2.05. The van der Waals surface area contributed by atoms with Gasteiger partial charge in [0.15, 0.2) is 0 Å². The van der Waals surface area contributed by atoms with Gasteiger partial charge in [-0.1, -0.05) is 102 Å². The Labute approximate surface area is 256 Å². The number of fused-ring (bicyclic) bond motifs is 7. The number of rotatable bonds is 4. The molecule has 2 bridgehead atoms. The molecule has 7 rings (SSSR count). The van der Waals surface area contributed by atoms with Gasteiger partial charge in [0.1, 0.15) is 0 Å². The molecule has 0 spiro atoms. The van der Waals surface area contributed by atoms with Gasteiger partial charge in [0.2, 0.25) is 0 Å². The zero-order valence-electron chi connectivity index (χ0n) is 25.7. The van der Waals surface area contributed by atoms with Crippen molar-refractivity contribution in [3.8, 4) is 0 Å². The molecule has 0 unspecified atom stereocenters. The van der Waals surface area contributed by atoms with Gasteiger partial charge in [-0.3, -0.25) is 0 Å². The van der Waals surface area contributed by atoms with Crippen LogP contribution in [0.4, 0.5) is 0 Å². The molecule has 4 aromatic rings. The van der Waals surface area contributed by atoms with Crippen LogP contribution in [0.2, 0.25) is 0 Å². The van der Waals surface area contributed by atoms with E-state index in [4.69, 9.17) is 0 Å². The van der Waals surface area contributed by atoms with Crippen molar-refractivity contribution in [3.63, 3.8) is 0 Å². The molecule has 3 aliphatic rings. The van der Waals surface area contributed by atoms with Crippen LogP contribution in [0.15, 0.2) is 78.9 Å². The van der Waals surface area contributed by atoms with Crippen molar-refractivity contribution in [2.24, 2.45) is 0 Å². The smallest absolute Gasteiger partial charge is 0.149 e. The van der Waals surface area contributed by atoms with Gasteiger partial charge >= 0.3 is 0 Å². The van der Waals surface area contributed by atoms with Crippen LogP contribution in [-0.4, -0.2) is 6.71 Å². The van der Waals surface area contributed by atoms with Gasteiger partial charge in [0.25, 0.3) is 6.71 Å². The molecule has 1 aliphatic heterocycles. The lowest BCUT2D eigenvalue weighted by molar-refractivity contribution is 0.979. The van der Waals surface area contributed by atoms with Crippen LogP contribution in [0.1, 0.15) is 88.1 Å². The third-order valence-electron chi connectivity index (χ3n) is 9.90. The summed E-state index contributed by atoms with van der Waals surface area (Å²) in [5.41, 5.74) is 21.1. The second-order valence-corrected chi connectivity index (χ2v) is 13.5. The highest BCUT2D eigenvalue weighted by molar-refractivity contribution is 7.28. The summed E-state index contributed by atoms with van der Waals surface area (Å²) in [6, 6.07) is 20.6. The summed E-state index contributed by atoms with van der Waals surface area (Å²) in [6.07, 6.45) is 12.8. The predicted molar refractivity (Wildman–Crippen MR) is 187 cm³/mol. The first-order valence-corrected chi connectivity index (χ1v) is 16.4. The fraction of sp³-hybridized carbons (Fsp3) is 0.250. The van der Waals surface area contributed by atoms with E-state index < -0.39 is 0 Å². The zero-order valence-corrected chi connectivity index (χ0v) is 26.5. The van der Waals surface area contributed by atoms with Crippen molar-refractivity contribution in [1.29, 1.82) is 0 Å². The average molecular weight is 563 g/mol. The number of allylic oxidation sites excluding steroid dienone is 5. The molecular formula is C40H39BS. The Morgan fingerprint density at radius 2 is 1.74 bits per heavy atom. The molecule has 0 atom stereocenters. The van der Waals surface area contributed by atoms with Crippen LogP contribution in [-0.2, 0) is 12.8 Å². The molecule has 2 heteroatoms. The van der Waals surface area contributed by atoms with E-state index in [2.05, 4.69) is 114 Å². The van der Waals surface area contributed by atoms with Gasteiger partial charge < -0.3 is 0 Å². The minimum Gasteiger partial charge on any atom is -0.149 e. The topological polar surface area (TPSA) is 0 Å². The summed E-state index contributed by atoms with van der Waals surface area (Å²) < 4.78 is 1.54. The number of hydrogen-bond donors (Lipinski definition) is 0. The van der Waals surface area contributed by atoms with E-state index in [0.717, 1.165) is 37.7 Å². The summed E-state index contributed by atoms with van der Waals surface area (Å²) in [4.78, 5) is 1.47. The Kier molecular flexibility index (Phi) is 6.86. The van der Waals surface area contributed by atoms with Gasteiger partial charge in [0, 0.05) is 4.88 Å². The van der Waals surface area contributed by atoms with Crippen molar-refractivity contribution in [3.05, 3.63) is 134 Å². The number of hydrogen-bond acceptors (Lipinski definition) is 1. The lowest BCUT2D eigenvalue weighted by Gasteiger charge is -2.32. The Morgan fingerprint density at radius 3 is 2.57 bits per heavy atom. The van der Waals surface area contributed by atoms with Crippen molar-refractivity contribution in [1.82, 2.24) is 0 Å². The van der Waals surface area contributed by atoms with Crippen LogP contribution < -0.4 is 15.7 Å². The lowest BCUT2D eigenvalue weighted by Crippen LogP contribution is -2.55. The van der Waals surface area contributed by atoms with E-state index in [9.17, 15) is 0 Å². The first-order chi connectivity index (χ1) is 20.4. The highest BCUT2D eigenvalue weighted by Gasteiger charge is 2.38. The van der Waals surface area contributed by atoms with Crippen molar-refractivity contribution in [2.75, 3.05) is 0 Å². The average Bonchev–Trinajstić information content (AvgIpc) is 3.37. The summed E-state index contributed by atoms with van der Waals surface area (Å²) in [5, 5.41) is 0. The number of benzene rings is 3. The minimum absolute atomic E-state index is 0.179. The molecule has 208 valence electrons. The molecule has 3 aromatic carbocycles. The van der Waals surface area contributed by atoms with Gasteiger partial charge in [-0.15, -0.1) is 11.3 Å². The fourth-order valence-corrected chi connectivity index (χ4v) is 9.34. The number of thiophene rings is 1. The van der Waals surface area contributed by atoms with E-state index in [1.807, 2.05) is 11.3 Å². The van der Waals surface area contributed by atoms with Gasteiger partial charge in [-0.25, -0.2) is 0 Å². The monoisotopic (exact) mass is 562 g/mol. The second-order valence-electron chi connectivity index (χ2n) is 12.4. The summed E-state index contributed by atoms with van der Waals surface area (Å²) in [6.45, 7) is 16.4. The van der Waals surface area contributed by atoms with Crippen LogP contribution >= 0.6 is 11.3 Å². The number of aryl methyl sites for hydroxylation is 3. The highest BCUT2D eigenvalue weighted by atomic mass is 32.1. The van der Waals surface area contributed by atoms with Gasteiger partial charge in [-0.05, 0) is 132 Å². The summed E-state index contributed by atoms with van der Waals surface area (Å²) in [5.74, 6) is 0. The maximum atomic E-state index is 4.69. The van der Waals surface area contributed by atoms with Crippen LogP contribution in [0.5, 0.6) is 0 Å². The molecule has 0 amide bonds. The maximum absolute atomic E-state index is 4.69. The molecule has 0 N–H and O–H groups in total. The molecule has 42 heavy (non-hydrogen) atoms. The highest BCUT2D eigenvalue weighted by Crippen LogP contribution is 2.43. The molecule has 0 saturated carbocycles. The molecule has 2 heterocycles. The molecule has 0 nitrogen and oxygen atoms in total. The van der Waals surface area contributed by atoms with E-state index in [-0.39, 0.29) is 6.71 Å². The van der Waals surface area contributed by atoms with E-state index in [1.165, 1.54) is 70.7 Å². The third kappa shape index (κ3) is 4.18. The van der Waals surface area contributed by atoms with Crippen molar-refractivity contribution >= 4 is 56.5 Å². The Balaban J connectivity index is 1.55. The molecule has 0 fully saturated rings. The molecular weight excluding hydrogens is 523 g/mol. The molecule has 2 aliphatic carbocycles. The van der Waals surface area contributed by atoms with Crippen LogP contribution in [0, 0.1) is 20.8 Å². The van der Waals surface area contributed by atoms with Crippen LogP contribution in [0.3, 0.4) is 0 Å². The molecule has 1 aromatic heterocycles. The SMILES string of the molecule is C=C(c1ccccc1CC)c1cccc(B2c3sc4c(c3C3=C(C)C(=CCC3)c3cc(C)cc(C)c32)CCC=C4)c1C. The predicted octanol–water partition coefficient (Wildman–Crippen LogP) is 8.74. The lowest BCUT2D eigenvalue weighted by atomic mass is 9.35. The fourth-order valence-electron chi connectivity index (χ4n) is 7.90. The third-order valence-corrected chi connectivity index (χ3v) is 11.2. The second kappa shape index (κ2) is 10.6. The summed E-state index contributed by atoms with van der Waals surface area (Å²) in [7, 11) is 0. The minimum atomic E-state index is 0.179. The van der Waals surface area contributed by atoms with Crippen molar-refractivity contribution < 1.29 is 0 Å². The molecule has 0 saturated heterocycles. The quantitative estimate of drug-likeness (QED) is 0.218. The standard InChI is InChI=1S/C40H39BS/c1-7-29-14-8-9-15-31(29)26(4)30-17-13-20-36(28(30)6)41-39-25(3)22-24(2)23-35(39)32-18-12-19-33(27(32)5)38-34-16-10-11-21-37(34)42-40(38)41/h8-9,11,13-15,17-18,20-23H,4,7,10,12,16,19H2,1-3,5-6H3. The van der Waals surface area contributed by atoms with Gasteiger partial charge in [0.05, 0.1) is 0 Å². The maximum Gasteiger partial charge on any atom is 0.256 e. The normalized spacial score (nSPS) is 15.5. The first kappa shape index (κ1) is 27.2. The van der Waals surface area contributed by atoms with E-state index >= 15 is 0 Å². The largest absolute Gasteiger partial charge is 0.256 e. The van der Waals surface area contributed by atoms with Crippen molar-refractivity contribution in [2.45, 2.75) is 66.7 Å². The first-order valence-electron chi connectivity index (χ1n) is 15.6. The van der Waals surface area contributed by atoms with E-state index in [1.54, 1.807) is 16.7 Å². The molecule has 0 radical (unpaired) electrons. The zero-order chi connectivity index (χ0) is 29.1. The Morgan fingerprint density at radius 1 is 0.929 bits per heavy atom. The Bertz CT molecular complexity index is 1870. The van der Waals surface area contributed by atoms with E-state index in [0.29, 0.717) is 0 Å². The van der Waals surface area contributed by atoms with Crippen LogP contribution in [0.25, 0.3) is 22.8 Å². The Hall–Kier alpha value is -3.62.